The highest BCUT2D eigenvalue weighted by Crippen LogP contribution is 2.35. The Morgan fingerprint density at radius 3 is 2.77 bits per heavy atom. The molecule has 0 spiro atoms. The van der Waals surface area contributed by atoms with Crippen molar-refractivity contribution in [2.45, 2.75) is 38.5 Å². The lowest BCUT2D eigenvalue weighted by Gasteiger charge is -2.27. The highest BCUT2D eigenvalue weighted by molar-refractivity contribution is 5.79. The first-order valence-electron chi connectivity index (χ1n) is 8.14. The molecule has 0 saturated carbocycles. The molecular formula is C18H23NO3. The van der Waals surface area contributed by atoms with Crippen LogP contribution in [0.15, 0.2) is 24.3 Å². The average molecular weight is 301 g/mol. The van der Waals surface area contributed by atoms with Crippen LogP contribution in [0.3, 0.4) is 0 Å². The number of rotatable bonds is 3. The quantitative estimate of drug-likeness (QED) is 0.934. The lowest BCUT2D eigenvalue weighted by Crippen LogP contribution is -2.31. The van der Waals surface area contributed by atoms with Crippen LogP contribution in [0.25, 0.3) is 0 Å². The predicted molar refractivity (Wildman–Crippen MR) is 83.6 cm³/mol. The fraction of sp³-hybridized carbons (Fsp3) is 0.556. The molecule has 1 heterocycles. The van der Waals surface area contributed by atoms with E-state index in [0.29, 0.717) is 19.5 Å². The van der Waals surface area contributed by atoms with Gasteiger partial charge in [-0.05, 0) is 42.2 Å². The van der Waals surface area contributed by atoms with Gasteiger partial charge in [0.1, 0.15) is 0 Å². The van der Waals surface area contributed by atoms with Crippen molar-refractivity contribution < 1.29 is 14.7 Å². The van der Waals surface area contributed by atoms with Crippen molar-refractivity contribution in [3.8, 4) is 0 Å². The SMILES string of the molecule is C[C@@H]1CN(C(=O)CC2CCCc3ccccc32)C[C@H]1C(=O)O. The van der Waals surface area contributed by atoms with Gasteiger partial charge < -0.3 is 10.0 Å². The molecule has 2 aliphatic rings. The van der Waals surface area contributed by atoms with Crippen molar-refractivity contribution in [2.75, 3.05) is 13.1 Å². The molecule has 0 radical (unpaired) electrons. The van der Waals surface area contributed by atoms with Crippen LogP contribution in [-0.2, 0) is 16.0 Å². The highest BCUT2D eigenvalue weighted by Gasteiger charge is 2.37. The van der Waals surface area contributed by atoms with Gasteiger partial charge in [0.05, 0.1) is 5.92 Å². The van der Waals surface area contributed by atoms with Crippen molar-refractivity contribution in [1.82, 2.24) is 4.90 Å². The summed E-state index contributed by atoms with van der Waals surface area (Å²) in [5, 5.41) is 9.20. The minimum Gasteiger partial charge on any atom is -0.481 e. The molecule has 1 N–H and O–H groups in total. The summed E-state index contributed by atoms with van der Waals surface area (Å²) in [6, 6.07) is 8.39. The van der Waals surface area contributed by atoms with Gasteiger partial charge in [-0.2, -0.15) is 0 Å². The fourth-order valence-electron chi connectivity index (χ4n) is 3.90. The van der Waals surface area contributed by atoms with Crippen molar-refractivity contribution in [3.63, 3.8) is 0 Å². The molecule has 3 atom stereocenters. The molecule has 4 heteroatoms. The number of hydrogen-bond acceptors (Lipinski definition) is 2. The summed E-state index contributed by atoms with van der Waals surface area (Å²) >= 11 is 0. The average Bonchev–Trinajstić information content (AvgIpc) is 2.90. The molecule has 1 fully saturated rings. The first-order chi connectivity index (χ1) is 10.6. The van der Waals surface area contributed by atoms with E-state index in [1.165, 1.54) is 11.1 Å². The van der Waals surface area contributed by atoms with E-state index in [4.69, 9.17) is 0 Å². The maximum absolute atomic E-state index is 12.6. The second-order valence-corrected chi connectivity index (χ2v) is 6.71. The summed E-state index contributed by atoms with van der Waals surface area (Å²) < 4.78 is 0. The fourth-order valence-corrected chi connectivity index (χ4v) is 3.90. The summed E-state index contributed by atoms with van der Waals surface area (Å²) in [7, 11) is 0. The Morgan fingerprint density at radius 2 is 2.05 bits per heavy atom. The number of amides is 1. The summed E-state index contributed by atoms with van der Waals surface area (Å²) in [5.41, 5.74) is 2.67. The van der Waals surface area contributed by atoms with Crippen LogP contribution in [0, 0.1) is 11.8 Å². The monoisotopic (exact) mass is 301 g/mol. The van der Waals surface area contributed by atoms with Crippen LogP contribution < -0.4 is 0 Å². The number of aliphatic carboxylic acids is 1. The van der Waals surface area contributed by atoms with Crippen LogP contribution in [0.1, 0.15) is 43.2 Å². The van der Waals surface area contributed by atoms with E-state index >= 15 is 0 Å². The second-order valence-electron chi connectivity index (χ2n) is 6.71. The predicted octanol–water partition coefficient (Wildman–Crippen LogP) is 2.68. The Hall–Kier alpha value is -1.84. The number of fused-ring (bicyclic) bond motifs is 1. The van der Waals surface area contributed by atoms with Crippen LogP contribution in [-0.4, -0.2) is 35.0 Å². The number of nitrogens with zero attached hydrogens (tertiary/aromatic N) is 1. The smallest absolute Gasteiger partial charge is 0.308 e. The van der Waals surface area contributed by atoms with Crippen molar-refractivity contribution in [1.29, 1.82) is 0 Å². The lowest BCUT2D eigenvalue weighted by atomic mass is 9.81. The molecule has 1 aliphatic carbocycles. The molecule has 1 unspecified atom stereocenters. The Kier molecular flexibility index (Phi) is 4.19. The van der Waals surface area contributed by atoms with Gasteiger partial charge in [-0.25, -0.2) is 0 Å². The zero-order chi connectivity index (χ0) is 15.7. The van der Waals surface area contributed by atoms with Gasteiger partial charge in [-0.3, -0.25) is 9.59 Å². The van der Waals surface area contributed by atoms with Gasteiger partial charge in [0.2, 0.25) is 5.91 Å². The minimum absolute atomic E-state index is 0.0418. The number of likely N-dealkylation sites (tertiary alicyclic amines) is 1. The number of carboxylic acid groups (broad SMARTS) is 1. The molecule has 118 valence electrons. The maximum atomic E-state index is 12.6. The first-order valence-corrected chi connectivity index (χ1v) is 8.14. The molecule has 1 amide bonds. The molecule has 3 rings (SSSR count). The van der Waals surface area contributed by atoms with Crippen LogP contribution in [0.5, 0.6) is 0 Å². The standard InChI is InChI=1S/C18H23NO3/c1-12-10-19(11-16(12)18(21)22)17(20)9-14-7-4-6-13-5-2-3-8-15(13)14/h2-3,5,8,12,14,16H,4,6-7,9-11H2,1H3,(H,21,22)/t12-,14?,16-/m1/s1. The van der Waals surface area contributed by atoms with E-state index in [9.17, 15) is 14.7 Å². The third-order valence-electron chi connectivity index (χ3n) is 5.20. The van der Waals surface area contributed by atoms with E-state index in [1.54, 1.807) is 4.90 Å². The van der Waals surface area contributed by atoms with E-state index < -0.39 is 11.9 Å². The first kappa shape index (κ1) is 15.1. The molecule has 1 saturated heterocycles. The summed E-state index contributed by atoms with van der Waals surface area (Å²) in [6.07, 6.45) is 3.79. The van der Waals surface area contributed by atoms with Crippen LogP contribution >= 0.6 is 0 Å². The van der Waals surface area contributed by atoms with E-state index in [-0.39, 0.29) is 17.7 Å². The zero-order valence-electron chi connectivity index (χ0n) is 13.0. The van der Waals surface area contributed by atoms with Crippen molar-refractivity contribution in [3.05, 3.63) is 35.4 Å². The molecule has 0 aromatic heterocycles. The molecule has 1 aromatic carbocycles. The molecule has 4 nitrogen and oxygen atoms in total. The Labute approximate surface area is 131 Å². The van der Waals surface area contributed by atoms with Crippen LogP contribution in [0.2, 0.25) is 0 Å². The Morgan fingerprint density at radius 1 is 1.27 bits per heavy atom. The second kappa shape index (κ2) is 6.11. The number of carbonyl (C=O) groups is 2. The van der Waals surface area contributed by atoms with Crippen LogP contribution in [0.4, 0.5) is 0 Å². The van der Waals surface area contributed by atoms with E-state index in [2.05, 4.69) is 18.2 Å². The highest BCUT2D eigenvalue weighted by atomic mass is 16.4. The number of aryl methyl sites for hydroxylation is 1. The van der Waals surface area contributed by atoms with Gasteiger partial charge in [0, 0.05) is 19.5 Å². The summed E-state index contributed by atoms with van der Waals surface area (Å²) in [4.78, 5) is 25.5. The molecule has 0 bridgehead atoms. The Bertz CT molecular complexity index is 583. The summed E-state index contributed by atoms with van der Waals surface area (Å²) in [5.74, 6) is -0.762. The Balaban J connectivity index is 1.67. The van der Waals surface area contributed by atoms with E-state index in [0.717, 1.165) is 19.3 Å². The molecule has 22 heavy (non-hydrogen) atoms. The number of benzene rings is 1. The largest absolute Gasteiger partial charge is 0.481 e. The lowest BCUT2D eigenvalue weighted by molar-refractivity contribution is -0.142. The maximum Gasteiger partial charge on any atom is 0.308 e. The number of carbonyl (C=O) groups excluding carboxylic acids is 1. The van der Waals surface area contributed by atoms with Gasteiger partial charge in [-0.15, -0.1) is 0 Å². The molecular weight excluding hydrogens is 278 g/mol. The number of carboxylic acids is 1. The van der Waals surface area contributed by atoms with Crippen molar-refractivity contribution in [2.24, 2.45) is 11.8 Å². The normalized spacial score (nSPS) is 27.5. The number of hydrogen-bond donors (Lipinski definition) is 1. The molecule has 1 aliphatic heterocycles. The van der Waals surface area contributed by atoms with E-state index in [1.807, 2.05) is 13.0 Å². The van der Waals surface area contributed by atoms with Crippen molar-refractivity contribution >= 4 is 11.9 Å². The summed E-state index contributed by atoms with van der Waals surface area (Å²) in [6.45, 7) is 2.86. The van der Waals surface area contributed by atoms with Gasteiger partial charge in [0.25, 0.3) is 0 Å². The molecule has 1 aromatic rings. The topological polar surface area (TPSA) is 57.6 Å². The third kappa shape index (κ3) is 2.87. The third-order valence-corrected chi connectivity index (χ3v) is 5.20. The zero-order valence-corrected chi connectivity index (χ0v) is 13.0. The van der Waals surface area contributed by atoms with Gasteiger partial charge in [0.15, 0.2) is 0 Å². The minimum atomic E-state index is -0.786. The van der Waals surface area contributed by atoms with Gasteiger partial charge in [-0.1, -0.05) is 31.2 Å². The van der Waals surface area contributed by atoms with Gasteiger partial charge >= 0.3 is 5.97 Å².